The summed E-state index contributed by atoms with van der Waals surface area (Å²) >= 11 is 0. The fraction of sp³-hybridized carbons (Fsp3) is 0.438. The number of hydrogen-bond acceptors (Lipinski definition) is 1. The summed E-state index contributed by atoms with van der Waals surface area (Å²) in [5.74, 6) is 0. The van der Waals surface area contributed by atoms with E-state index in [1.165, 1.54) is 47.9 Å². The van der Waals surface area contributed by atoms with E-state index >= 15 is 0 Å². The highest BCUT2D eigenvalue weighted by Gasteiger charge is 2.08. The number of carbonyl (C=O) groups is 1. The van der Waals surface area contributed by atoms with Crippen molar-refractivity contribution in [3.05, 3.63) is 40.5 Å². The van der Waals surface area contributed by atoms with Crippen LogP contribution in [0.25, 0.3) is 6.08 Å². The van der Waals surface area contributed by atoms with Crippen molar-refractivity contribution >= 4 is 12.4 Å². The molecule has 0 aromatic heterocycles. The predicted molar refractivity (Wildman–Crippen MR) is 72.0 cm³/mol. The number of rotatable bonds is 4. The summed E-state index contributed by atoms with van der Waals surface area (Å²) in [7, 11) is 0. The van der Waals surface area contributed by atoms with Crippen molar-refractivity contribution in [2.75, 3.05) is 0 Å². The summed E-state index contributed by atoms with van der Waals surface area (Å²) < 4.78 is 0. The molecule has 0 atom stereocenters. The first-order valence-electron chi connectivity index (χ1n) is 6.52. The standard InChI is InChI=1S/C16H20O/c1-13(5-4-10-17)11-14-8-9-15-6-2-3-7-16(15)12-14/h8-12H,2-7H2,1H3. The highest BCUT2D eigenvalue weighted by molar-refractivity contribution is 5.56. The van der Waals surface area contributed by atoms with Crippen molar-refractivity contribution in [1.29, 1.82) is 0 Å². The SMILES string of the molecule is CC(=Cc1ccc2c(c1)CCCC2)CCC=O. The molecule has 1 aliphatic rings. The Balaban J connectivity index is 2.13. The number of fused-ring (bicyclic) bond motifs is 1. The Labute approximate surface area is 104 Å². The van der Waals surface area contributed by atoms with Crippen molar-refractivity contribution < 1.29 is 4.79 Å². The van der Waals surface area contributed by atoms with E-state index in [0.29, 0.717) is 6.42 Å². The molecular weight excluding hydrogens is 208 g/mol. The van der Waals surface area contributed by atoms with Crippen LogP contribution in [0.3, 0.4) is 0 Å². The highest BCUT2D eigenvalue weighted by atomic mass is 16.1. The van der Waals surface area contributed by atoms with Crippen LogP contribution < -0.4 is 0 Å². The number of allylic oxidation sites excluding steroid dienone is 1. The zero-order valence-corrected chi connectivity index (χ0v) is 10.5. The molecule has 0 spiro atoms. The molecule has 2 rings (SSSR count). The van der Waals surface area contributed by atoms with E-state index in [0.717, 1.165) is 12.7 Å². The first kappa shape index (κ1) is 12.1. The number of carbonyl (C=O) groups excluding carboxylic acids is 1. The fourth-order valence-corrected chi connectivity index (χ4v) is 2.49. The van der Waals surface area contributed by atoms with Crippen molar-refractivity contribution in [2.45, 2.75) is 45.4 Å². The largest absolute Gasteiger partial charge is 0.303 e. The average Bonchev–Trinajstić information content (AvgIpc) is 2.36. The van der Waals surface area contributed by atoms with Crippen molar-refractivity contribution in [3.8, 4) is 0 Å². The van der Waals surface area contributed by atoms with Gasteiger partial charge in [0.25, 0.3) is 0 Å². The highest BCUT2D eigenvalue weighted by Crippen LogP contribution is 2.23. The van der Waals surface area contributed by atoms with Crippen molar-refractivity contribution in [1.82, 2.24) is 0 Å². The van der Waals surface area contributed by atoms with Crippen LogP contribution in [0.4, 0.5) is 0 Å². The molecule has 1 heteroatoms. The molecule has 0 N–H and O–H groups in total. The molecule has 0 radical (unpaired) electrons. The van der Waals surface area contributed by atoms with Crippen LogP contribution in [-0.4, -0.2) is 6.29 Å². The Morgan fingerprint density at radius 1 is 1.24 bits per heavy atom. The Bertz CT molecular complexity index is 429. The van der Waals surface area contributed by atoms with E-state index in [1.54, 1.807) is 0 Å². The summed E-state index contributed by atoms with van der Waals surface area (Å²) in [4.78, 5) is 10.3. The summed E-state index contributed by atoms with van der Waals surface area (Å²) in [5.41, 5.74) is 5.62. The van der Waals surface area contributed by atoms with Gasteiger partial charge in [-0.25, -0.2) is 0 Å². The molecule has 1 aliphatic carbocycles. The van der Waals surface area contributed by atoms with E-state index in [1.807, 2.05) is 0 Å². The smallest absolute Gasteiger partial charge is 0.120 e. The van der Waals surface area contributed by atoms with Crippen LogP contribution in [0, 0.1) is 0 Å². The van der Waals surface area contributed by atoms with Crippen LogP contribution in [0.1, 0.15) is 49.3 Å². The molecule has 17 heavy (non-hydrogen) atoms. The minimum Gasteiger partial charge on any atom is -0.303 e. The van der Waals surface area contributed by atoms with Gasteiger partial charge < -0.3 is 4.79 Å². The zero-order valence-electron chi connectivity index (χ0n) is 10.5. The van der Waals surface area contributed by atoms with Crippen LogP contribution in [0.5, 0.6) is 0 Å². The molecule has 1 nitrogen and oxygen atoms in total. The van der Waals surface area contributed by atoms with Gasteiger partial charge in [-0.05, 0) is 55.7 Å². The summed E-state index contributed by atoms with van der Waals surface area (Å²) in [6.07, 6.45) is 9.83. The fourth-order valence-electron chi connectivity index (χ4n) is 2.49. The van der Waals surface area contributed by atoms with Crippen LogP contribution in [-0.2, 0) is 17.6 Å². The molecule has 0 fully saturated rings. The maximum Gasteiger partial charge on any atom is 0.120 e. The third kappa shape index (κ3) is 3.29. The number of benzene rings is 1. The predicted octanol–water partition coefficient (Wildman–Crippen LogP) is 3.95. The second kappa shape index (κ2) is 5.81. The normalized spacial score (nSPS) is 15.5. The number of hydrogen-bond donors (Lipinski definition) is 0. The van der Waals surface area contributed by atoms with Gasteiger partial charge in [-0.15, -0.1) is 0 Å². The van der Waals surface area contributed by atoms with Crippen LogP contribution in [0.2, 0.25) is 0 Å². The van der Waals surface area contributed by atoms with Gasteiger partial charge in [0, 0.05) is 6.42 Å². The minimum absolute atomic E-state index is 0.632. The van der Waals surface area contributed by atoms with E-state index in [-0.39, 0.29) is 0 Å². The molecule has 0 heterocycles. The number of aldehydes is 1. The summed E-state index contributed by atoms with van der Waals surface area (Å²) in [5, 5.41) is 0. The lowest BCUT2D eigenvalue weighted by Crippen LogP contribution is -2.02. The van der Waals surface area contributed by atoms with Gasteiger partial charge in [0.15, 0.2) is 0 Å². The molecule has 90 valence electrons. The van der Waals surface area contributed by atoms with Gasteiger partial charge in [0.1, 0.15) is 6.29 Å². The zero-order chi connectivity index (χ0) is 12.1. The molecule has 0 saturated carbocycles. The minimum atomic E-state index is 0.632. The monoisotopic (exact) mass is 228 g/mol. The Kier molecular flexibility index (Phi) is 4.13. The van der Waals surface area contributed by atoms with Crippen LogP contribution in [0.15, 0.2) is 23.8 Å². The van der Waals surface area contributed by atoms with E-state index in [9.17, 15) is 4.79 Å². The molecule has 0 unspecified atom stereocenters. The number of aryl methyl sites for hydroxylation is 2. The first-order valence-corrected chi connectivity index (χ1v) is 6.52. The molecule has 0 saturated heterocycles. The topological polar surface area (TPSA) is 17.1 Å². The van der Waals surface area contributed by atoms with Crippen LogP contribution >= 0.6 is 0 Å². The lowest BCUT2D eigenvalue weighted by atomic mass is 9.90. The second-order valence-electron chi connectivity index (χ2n) is 4.93. The molecule has 0 amide bonds. The van der Waals surface area contributed by atoms with E-state index in [4.69, 9.17) is 0 Å². The third-order valence-corrected chi connectivity index (χ3v) is 3.44. The van der Waals surface area contributed by atoms with Gasteiger partial charge in [0.2, 0.25) is 0 Å². The molecule has 1 aromatic carbocycles. The average molecular weight is 228 g/mol. The quantitative estimate of drug-likeness (QED) is 0.713. The Hall–Kier alpha value is -1.37. The summed E-state index contributed by atoms with van der Waals surface area (Å²) in [6, 6.07) is 6.79. The van der Waals surface area contributed by atoms with Gasteiger partial charge in [-0.3, -0.25) is 0 Å². The maximum absolute atomic E-state index is 10.3. The van der Waals surface area contributed by atoms with Gasteiger partial charge in [-0.1, -0.05) is 29.8 Å². The van der Waals surface area contributed by atoms with Crippen molar-refractivity contribution in [2.24, 2.45) is 0 Å². The molecular formula is C16H20O. The lowest BCUT2D eigenvalue weighted by molar-refractivity contribution is -0.107. The molecule has 0 bridgehead atoms. The van der Waals surface area contributed by atoms with Crippen molar-refractivity contribution in [3.63, 3.8) is 0 Å². The lowest BCUT2D eigenvalue weighted by Gasteiger charge is -2.15. The van der Waals surface area contributed by atoms with E-state index in [2.05, 4.69) is 31.2 Å². The second-order valence-corrected chi connectivity index (χ2v) is 4.93. The molecule has 0 aliphatic heterocycles. The third-order valence-electron chi connectivity index (χ3n) is 3.44. The molecule has 1 aromatic rings. The van der Waals surface area contributed by atoms with Gasteiger partial charge in [-0.2, -0.15) is 0 Å². The maximum atomic E-state index is 10.3. The van der Waals surface area contributed by atoms with E-state index < -0.39 is 0 Å². The first-order chi connectivity index (χ1) is 8.29. The van der Waals surface area contributed by atoms with Gasteiger partial charge in [0.05, 0.1) is 0 Å². The Morgan fingerprint density at radius 3 is 2.76 bits per heavy atom. The Morgan fingerprint density at radius 2 is 2.00 bits per heavy atom. The summed E-state index contributed by atoms with van der Waals surface area (Å²) in [6.45, 7) is 2.10. The van der Waals surface area contributed by atoms with Gasteiger partial charge >= 0.3 is 0 Å².